The third kappa shape index (κ3) is 2.78. The van der Waals surface area contributed by atoms with Crippen LogP contribution in [0.3, 0.4) is 0 Å². The summed E-state index contributed by atoms with van der Waals surface area (Å²) in [5.74, 6) is 1.84. The van der Waals surface area contributed by atoms with E-state index in [1.54, 1.807) is 0 Å². The van der Waals surface area contributed by atoms with Gasteiger partial charge in [0, 0.05) is 13.7 Å². The maximum absolute atomic E-state index is 8.55. The minimum absolute atomic E-state index is 0.227. The second kappa shape index (κ2) is 4.94. The fraction of sp³-hybridized carbons (Fsp3) is 0.750. The molecule has 5 nitrogen and oxygen atoms in total. The number of aryl methyl sites for hydroxylation is 1. The minimum Gasteiger partial charge on any atom is -0.396 e. The molecule has 0 fully saturated rings. The lowest BCUT2D eigenvalue weighted by atomic mass is 10.4. The molecule has 0 atom stereocenters. The van der Waals surface area contributed by atoms with Crippen LogP contribution in [-0.4, -0.2) is 33.0 Å². The van der Waals surface area contributed by atoms with Crippen LogP contribution in [0, 0.1) is 6.92 Å². The predicted octanol–water partition coefficient (Wildman–Crippen LogP) is -0.404. The molecule has 0 aromatic carbocycles. The molecule has 5 heteroatoms. The Hall–Kier alpha value is -0.940. The number of nitrogens with one attached hydrogen (secondary N) is 1. The Kier molecular flexibility index (Phi) is 3.85. The van der Waals surface area contributed by atoms with Crippen LogP contribution < -0.4 is 5.32 Å². The highest BCUT2D eigenvalue weighted by atomic mass is 16.3. The number of nitrogens with zero attached hydrogens (tertiary/aromatic N) is 3. The van der Waals surface area contributed by atoms with Crippen LogP contribution in [0.4, 0.5) is 0 Å². The molecule has 0 aliphatic heterocycles. The van der Waals surface area contributed by atoms with Crippen molar-refractivity contribution in [2.24, 2.45) is 7.05 Å². The first-order valence-electron chi connectivity index (χ1n) is 4.42. The van der Waals surface area contributed by atoms with E-state index in [4.69, 9.17) is 5.11 Å². The first kappa shape index (κ1) is 10.1. The zero-order valence-corrected chi connectivity index (χ0v) is 8.12. The maximum atomic E-state index is 8.55. The van der Waals surface area contributed by atoms with Crippen molar-refractivity contribution in [2.75, 3.05) is 13.2 Å². The summed E-state index contributed by atoms with van der Waals surface area (Å²) in [6.07, 6.45) is 0.775. The standard InChI is InChI=1S/C8H16N4O/c1-7-10-11-8(12(7)2)6-9-4-3-5-13/h9,13H,3-6H2,1-2H3. The molecule has 74 valence electrons. The van der Waals surface area contributed by atoms with E-state index in [0.29, 0.717) is 6.54 Å². The van der Waals surface area contributed by atoms with Crippen LogP contribution in [0.25, 0.3) is 0 Å². The Morgan fingerprint density at radius 2 is 2.23 bits per heavy atom. The van der Waals surface area contributed by atoms with Crippen molar-refractivity contribution in [1.29, 1.82) is 0 Å². The lowest BCUT2D eigenvalue weighted by molar-refractivity contribution is 0.285. The summed E-state index contributed by atoms with van der Waals surface area (Å²) < 4.78 is 1.95. The first-order chi connectivity index (χ1) is 6.25. The third-order valence-corrected chi connectivity index (χ3v) is 1.98. The number of hydrogen-bond acceptors (Lipinski definition) is 4. The fourth-order valence-electron chi connectivity index (χ4n) is 1.01. The summed E-state index contributed by atoms with van der Waals surface area (Å²) in [4.78, 5) is 0. The average molecular weight is 184 g/mol. The highest BCUT2D eigenvalue weighted by molar-refractivity contribution is 4.91. The molecular weight excluding hydrogens is 168 g/mol. The molecule has 2 N–H and O–H groups in total. The summed E-state index contributed by atoms with van der Waals surface area (Å²) in [7, 11) is 1.94. The summed E-state index contributed by atoms with van der Waals surface area (Å²) in [6.45, 7) is 3.66. The number of rotatable bonds is 5. The van der Waals surface area contributed by atoms with Crippen LogP contribution in [0.5, 0.6) is 0 Å². The van der Waals surface area contributed by atoms with E-state index in [1.807, 2.05) is 18.5 Å². The highest BCUT2D eigenvalue weighted by Crippen LogP contribution is 1.96. The van der Waals surface area contributed by atoms with Gasteiger partial charge in [-0.25, -0.2) is 0 Å². The Morgan fingerprint density at radius 1 is 1.46 bits per heavy atom. The van der Waals surface area contributed by atoms with Crippen molar-refractivity contribution < 1.29 is 5.11 Å². The monoisotopic (exact) mass is 184 g/mol. The van der Waals surface area contributed by atoms with E-state index in [2.05, 4.69) is 15.5 Å². The Bertz CT molecular complexity index is 259. The molecule has 0 aliphatic carbocycles. The van der Waals surface area contributed by atoms with Gasteiger partial charge < -0.3 is 15.0 Å². The van der Waals surface area contributed by atoms with E-state index in [-0.39, 0.29) is 6.61 Å². The lowest BCUT2D eigenvalue weighted by Gasteiger charge is -2.02. The van der Waals surface area contributed by atoms with Gasteiger partial charge in [0.15, 0.2) is 0 Å². The minimum atomic E-state index is 0.227. The van der Waals surface area contributed by atoms with Gasteiger partial charge in [-0.05, 0) is 19.9 Å². The van der Waals surface area contributed by atoms with Crippen LogP contribution in [0.2, 0.25) is 0 Å². The molecule has 1 rings (SSSR count). The Labute approximate surface area is 77.8 Å². The first-order valence-corrected chi connectivity index (χ1v) is 4.42. The Balaban J connectivity index is 2.32. The molecule has 0 bridgehead atoms. The van der Waals surface area contributed by atoms with E-state index in [1.165, 1.54) is 0 Å². The molecule has 1 aromatic rings. The quantitative estimate of drug-likeness (QED) is 0.611. The molecule has 0 radical (unpaired) electrons. The average Bonchev–Trinajstić information content (AvgIpc) is 2.43. The van der Waals surface area contributed by atoms with E-state index in [0.717, 1.165) is 24.6 Å². The third-order valence-electron chi connectivity index (χ3n) is 1.98. The number of aromatic nitrogens is 3. The van der Waals surface area contributed by atoms with E-state index >= 15 is 0 Å². The van der Waals surface area contributed by atoms with Crippen LogP contribution in [-0.2, 0) is 13.6 Å². The summed E-state index contributed by atoms with van der Waals surface area (Å²) in [6, 6.07) is 0. The van der Waals surface area contributed by atoms with Crippen molar-refractivity contribution in [3.63, 3.8) is 0 Å². The smallest absolute Gasteiger partial charge is 0.146 e. The lowest BCUT2D eigenvalue weighted by Crippen LogP contribution is -2.18. The zero-order chi connectivity index (χ0) is 9.68. The number of aliphatic hydroxyl groups is 1. The molecule has 13 heavy (non-hydrogen) atoms. The van der Waals surface area contributed by atoms with Gasteiger partial charge in [-0.3, -0.25) is 0 Å². The van der Waals surface area contributed by atoms with Gasteiger partial charge in [-0.15, -0.1) is 10.2 Å². The van der Waals surface area contributed by atoms with Crippen LogP contribution in [0.15, 0.2) is 0 Å². The van der Waals surface area contributed by atoms with Crippen molar-refractivity contribution in [3.05, 3.63) is 11.6 Å². The summed E-state index contributed by atoms with van der Waals surface area (Å²) >= 11 is 0. The molecule has 1 heterocycles. The molecule has 0 amide bonds. The van der Waals surface area contributed by atoms with Gasteiger partial charge in [-0.1, -0.05) is 0 Å². The molecule has 1 aromatic heterocycles. The van der Waals surface area contributed by atoms with Gasteiger partial charge in [0.2, 0.25) is 0 Å². The molecule has 0 saturated heterocycles. The maximum Gasteiger partial charge on any atom is 0.146 e. The van der Waals surface area contributed by atoms with Crippen molar-refractivity contribution in [3.8, 4) is 0 Å². The van der Waals surface area contributed by atoms with Crippen LogP contribution >= 0.6 is 0 Å². The summed E-state index contributed by atoms with van der Waals surface area (Å²) in [5, 5.41) is 19.7. The normalized spacial score (nSPS) is 10.7. The van der Waals surface area contributed by atoms with Gasteiger partial charge in [-0.2, -0.15) is 0 Å². The molecule has 0 unspecified atom stereocenters. The number of hydrogen-bond donors (Lipinski definition) is 2. The SMILES string of the molecule is Cc1nnc(CNCCCO)n1C. The fourth-order valence-corrected chi connectivity index (χ4v) is 1.01. The van der Waals surface area contributed by atoms with Gasteiger partial charge in [0.1, 0.15) is 11.6 Å². The van der Waals surface area contributed by atoms with Gasteiger partial charge in [0.25, 0.3) is 0 Å². The molecule has 0 aliphatic rings. The Morgan fingerprint density at radius 3 is 2.77 bits per heavy atom. The molecular formula is C8H16N4O. The van der Waals surface area contributed by atoms with Crippen molar-refractivity contribution in [2.45, 2.75) is 19.9 Å². The summed E-state index contributed by atoms with van der Waals surface area (Å²) in [5.41, 5.74) is 0. The zero-order valence-electron chi connectivity index (χ0n) is 8.12. The topological polar surface area (TPSA) is 63.0 Å². The molecule has 0 spiro atoms. The highest BCUT2D eigenvalue weighted by Gasteiger charge is 2.02. The van der Waals surface area contributed by atoms with Gasteiger partial charge >= 0.3 is 0 Å². The molecule has 0 saturated carbocycles. The van der Waals surface area contributed by atoms with E-state index in [9.17, 15) is 0 Å². The second-order valence-electron chi connectivity index (χ2n) is 2.98. The number of aliphatic hydroxyl groups excluding tert-OH is 1. The van der Waals surface area contributed by atoms with E-state index < -0.39 is 0 Å². The van der Waals surface area contributed by atoms with Crippen LogP contribution in [0.1, 0.15) is 18.1 Å². The van der Waals surface area contributed by atoms with Crippen molar-refractivity contribution in [1.82, 2.24) is 20.1 Å². The van der Waals surface area contributed by atoms with Crippen molar-refractivity contribution >= 4 is 0 Å². The predicted molar refractivity (Wildman–Crippen MR) is 49.1 cm³/mol. The second-order valence-corrected chi connectivity index (χ2v) is 2.98. The van der Waals surface area contributed by atoms with Gasteiger partial charge in [0.05, 0.1) is 6.54 Å². The largest absolute Gasteiger partial charge is 0.396 e.